The molecular weight excluding hydrogens is 415 g/mol. The molecule has 1 aromatic carbocycles. The average molecular weight is 437 g/mol. The Bertz CT molecular complexity index is 572. The van der Waals surface area contributed by atoms with Crippen molar-refractivity contribution >= 4 is 29.9 Å². The third-order valence-electron chi connectivity index (χ3n) is 4.44. The predicted molar refractivity (Wildman–Crippen MR) is 96.2 cm³/mol. The fraction of sp³-hybridized carbons (Fsp3) is 0.562. The largest absolute Gasteiger partial charge is 0.376 e. The summed E-state index contributed by atoms with van der Waals surface area (Å²) in [6, 6.07) is 3.74. The lowest BCUT2D eigenvalue weighted by atomic mass is 9.95. The van der Waals surface area contributed by atoms with Crippen molar-refractivity contribution in [3.63, 3.8) is 0 Å². The molecule has 128 valence electrons. The van der Waals surface area contributed by atoms with Crippen molar-refractivity contribution in [1.82, 2.24) is 5.32 Å². The van der Waals surface area contributed by atoms with Crippen molar-refractivity contribution < 1.29 is 13.5 Å². The van der Waals surface area contributed by atoms with Gasteiger partial charge in [0.05, 0.1) is 12.6 Å². The molecule has 4 nitrogen and oxygen atoms in total. The molecule has 7 heteroatoms. The maximum atomic E-state index is 13.9. The van der Waals surface area contributed by atoms with Gasteiger partial charge in [-0.25, -0.2) is 8.78 Å². The van der Waals surface area contributed by atoms with E-state index in [9.17, 15) is 8.78 Å². The Morgan fingerprint density at radius 2 is 2.17 bits per heavy atom. The molecule has 1 unspecified atom stereocenters. The molecule has 2 aliphatic rings. The molecule has 0 aromatic heterocycles. The second-order valence-electron chi connectivity index (χ2n) is 6.12. The lowest BCUT2D eigenvalue weighted by Gasteiger charge is -2.15. The summed E-state index contributed by atoms with van der Waals surface area (Å²) in [4.78, 5) is 4.33. The Hall–Kier alpha value is -0.960. The van der Waals surface area contributed by atoms with Crippen molar-refractivity contribution in [3.05, 3.63) is 35.4 Å². The fourth-order valence-electron chi connectivity index (χ4n) is 2.90. The molecule has 1 aliphatic heterocycles. The first-order valence-corrected chi connectivity index (χ1v) is 7.70. The summed E-state index contributed by atoms with van der Waals surface area (Å²) < 4.78 is 32.4. The molecule has 3 N–H and O–H groups in total. The van der Waals surface area contributed by atoms with E-state index in [0.29, 0.717) is 24.6 Å². The van der Waals surface area contributed by atoms with Crippen LogP contribution in [0.3, 0.4) is 0 Å². The molecule has 1 aliphatic carbocycles. The number of guanidine groups is 1. The van der Waals surface area contributed by atoms with Crippen LogP contribution in [-0.4, -0.2) is 31.8 Å². The molecule has 0 radical (unpaired) electrons. The van der Waals surface area contributed by atoms with E-state index in [2.05, 4.69) is 10.3 Å². The van der Waals surface area contributed by atoms with Gasteiger partial charge in [-0.15, -0.1) is 24.0 Å². The van der Waals surface area contributed by atoms with Crippen LogP contribution in [0.5, 0.6) is 0 Å². The Labute approximate surface area is 151 Å². The summed E-state index contributed by atoms with van der Waals surface area (Å²) in [5.74, 6) is -0.707. The van der Waals surface area contributed by atoms with Crippen LogP contribution in [0.15, 0.2) is 23.2 Å². The number of nitrogens with one attached hydrogen (secondary N) is 1. The number of hydrogen-bond donors (Lipinski definition) is 2. The van der Waals surface area contributed by atoms with Crippen LogP contribution in [-0.2, 0) is 10.2 Å². The molecule has 23 heavy (non-hydrogen) atoms. The van der Waals surface area contributed by atoms with E-state index < -0.39 is 11.6 Å². The molecule has 1 saturated carbocycles. The number of hydrogen-bond acceptors (Lipinski definition) is 2. The Kier molecular flexibility index (Phi) is 6.19. The van der Waals surface area contributed by atoms with Gasteiger partial charge in [-0.05, 0) is 37.3 Å². The Balaban J connectivity index is 0.00000192. The lowest BCUT2D eigenvalue weighted by molar-refractivity contribution is 0.114. The first-order chi connectivity index (χ1) is 10.6. The van der Waals surface area contributed by atoms with Gasteiger partial charge in [0, 0.05) is 24.6 Å². The number of rotatable bonds is 5. The third kappa shape index (κ3) is 4.53. The summed E-state index contributed by atoms with van der Waals surface area (Å²) >= 11 is 0. The van der Waals surface area contributed by atoms with E-state index in [1.165, 1.54) is 12.1 Å². The predicted octanol–water partition coefficient (Wildman–Crippen LogP) is 2.70. The minimum Gasteiger partial charge on any atom is -0.376 e. The summed E-state index contributed by atoms with van der Waals surface area (Å²) in [5.41, 5.74) is 6.06. The highest BCUT2D eigenvalue weighted by Crippen LogP contribution is 2.49. The second kappa shape index (κ2) is 7.74. The van der Waals surface area contributed by atoms with E-state index in [1.54, 1.807) is 0 Å². The van der Waals surface area contributed by atoms with Gasteiger partial charge in [0.2, 0.25) is 0 Å². The summed E-state index contributed by atoms with van der Waals surface area (Å²) in [7, 11) is 0. The normalized spacial score (nSPS) is 22.5. The van der Waals surface area contributed by atoms with Crippen molar-refractivity contribution in [2.45, 2.75) is 37.2 Å². The van der Waals surface area contributed by atoms with Gasteiger partial charge in [-0.1, -0.05) is 6.07 Å². The van der Waals surface area contributed by atoms with Gasteiger partial charge in [-0.2, -0.15) is 0 Å². The van der Waals surface area contributed by atoms with Crippen molar-refractivity contribution in [3.8, 4) is 0 Å². The number of nitrogens with two attached hydrogens (primary N) is 1. The molecule has 1 atom stereocenters. The van der Waals surface area contributed by atoms with Crippen LogP contribution < -0.4 is 11.1 Å². The van der Waals surface area contributed by atoms with E-state index in [1.807, 2.05) is 0 Å². The summed E-state index contributed by atoms with van der Waals surface area (Å²) in [6.07, 6.45) is 4.00. The minimum atomic E-state index is -0.557. The first kappa shape index (κ1) is 18.4. The molecule has 1 heterocycles. The molecule has 3 rings (SSSR count). The van der Waals surface area contributed by atoms with Crippen molar-refractivity contribution in [2.75, 3.05) is 19.7 Å². The molecule has 1 saturated heterocycles. The number of ether oxygens (including phenoxy) is 1. The van der Waals surface area contributed by atoms with Crippen molar-refractivity contribution in [2.24, 2.45) is 10.7 Å². The molecule has 2 fully saturated rings. The van der Waals surface area contributed by atoms with E-state index in [0.717, 1.165) is 38.4 Å². The first-order valence-electron chi connectivity index (χ1n) is 7.70. The number of nitrogens with zero attached hydrogens (tertiary/aromatic N) is 1. The zero-order chi connectivity index (χ0) is 15.6. The Morgan fingerprint density at radius 1 is 1.39 bits per heavy atom. The van der Waals surface area contributed by atoms with Crippen LogP contribution in [0.2, 0.25) is 0 Å². The molecule has 0 amide bonds. The monoisotopic (exact) mass is 437 g/mol. The smallest absolute Gasteiger partial charge is 0.188 e. The van der Waals surface area contributed by atoms with Crippen LogP contribution in [0, 0.1) is 11.6 Å². The van der Waals surface area contributed by atoms with E-state index >= 15 is 0 Å². The van der Waals surface area contributed by atoms with E-state index in [-0.39, 0.29) is 35.5 Å². The highest BCUT2D eigenvalue weighted by atomic mass is 127. The molecular formula is C16H22F2IN3O. The van der Waals surface area contributed by atoms with Gasteiger partial charge in [-0.3, -0.25) is 4.99 Å². The highest BCUT2D eigenvalue weighted by molar-refractivity contribution is 14.0. The van der Waals surface area contributed by atoms with Gasteiger partial charge in [0.15, 0.2) is 5.96 Å². The van der Waals surface area contributed by atoms with Crippen LogP contribution in [0.1, 0.15) is 31.2 Å². The quantitative estimate of drug-likeness (QED) is 0.423. The third-order valence-corrected chi connectivity index (χ3v) is 4.44. The van der Waals surface area contributed by atoms with Gasteiger partial charge in [0.25, 0.3) is 0 Å². The number of benzene rings is 1. The number of halogens is 3. The second-order valence-corrected chi connectivity index (χ2v) is 6.12. The maximum Gasteiger partial charge on any atom is 0.188 e. The lowest BCUT2D eigenvalue weighted by Crippen LogP contribution is -2.37. The van der Waals surface area contributed by atoms with Crippen LogP contribution in [0.25, 0.3) is 0 Å². The zero-order valence-corrected chi connectivity index (χ0v) is 15.2. The topological polar surface area (TPSA) is 59.6 Å². The summed E-state index contributed by atoms with van der Waals surface area (Å²) in [5, 5.41) is 3.05. The van der Waals surface area contributed by atoms with Gasteiger partial charge >= 0.3 is 0 Å². The SMILES string of the molecule is I.NC(=NCC1(c2ccc(F)cc2F)CC1)NCC1CCCO1. The fourth-order valence-corrected chi connectivity index (χ4v) is 2.90. The molecule has 0 bridgehead atoms. The van der Waals surface area contributed by atoms with Crippen molar-refractivity contribution in [1.29, 1.82) is 0 Å². The standard InChI is InChI=1S/C16H21F2N3O.HI/c17-11-3-4-13(14(18)8-11)16(5-6-16)10-21-15(19)20-9-12-2-1-7-22-12;/h3-4,8,12H,1-2,5-7,9-10H2,(H3,19,20,21);1H. The maximum absolute atomic E-state index is 13.9. The zero-order valence-electron chi connectivity index (χ0n) is 12.9. The number of aliphatic imine (C=N–C) groups is 1. The van der Waals surface area contributed by atoms with Gasteiger partial charge in [0.1, 0.15) is 11.6 Å². The average Bonchev–Trinajstić information content (AvgIpc) is 3.08. The highest BCUT2D eigenvalue weighted by Gasteiger charge is 2.46. The van der Waals surface area contributed by atoms with Crippen LogP contribution in [0.4, 0.5) is 8.78 Å². The Morgan fingerprint density at radius 3 is 2.78 bits per heavy atom. The molecule has 0 spiro atoms. The summed E-state index contributed by atoms with van der Waals surface area (Å²) in [6.45, 7) is 1.86. The van der Waals surface area contributed by atoms with Gasteiger partial charge < -0.3 is 15.8 Å². The van der Waals surface area contributed by atoms with E-state index in [4.69, 9.17) is 10.5 Å². The molecule has 1 aromatic rings. The minimum absolute atomic E-state index is 0. The van der Waals surface area contributed by atoms with Crippen LogP contribution >= 0.6 is 24.0 Å².